The number of piperidine rings is 1. The van der Waals surface area contributed by atoms with Crippen molar-refractivity contribution in [2.24, 2.45) is 11.8 Å². The first kappa shape index (κ1) is 14.4. The van der Waals surface area contributed by atoms with Crippen LogP contribution >= 0.6 is 0 Å². The van der Waals surface area contributed by atoms with Crippen molar-refractivity contribution < 1.29 is 0 Å². The number of hydrogen-bond acceptors (Lipinski definition) is 1. The van der Waals surface area contributed by atoms with Crippen LogP contribution in [-0.4, -0.2) is 24.5 Å². The van der Waals surface area contributed by atoms with Gasteiger partial charge in [0.25, 0.3) is 0 Å². The summed E-state index contributed by atoms with van der Waals surface area (Å²) in [6.07, 6.45) is 16.3. The summed E-state index contributed by atoms with van der Waals surface area (Å²) in [5, 5.41) is 0. The zero-order valence-electron chi connectivity index (χ0n) is 12.5. The lowest BCUT2D eigenvalue weighted by atomic mass is 9.91. The summed E-state index contributed by atoms with van der Waals surface area (Å²) >= 11 is 0. The van der Waals surface area contributed by atoms with E-state index in [4.69, 9.17) is 0 Å². The number of nitrogens with zero attached hydrogens (tertiary/aromatic N) is 1. The molecule has 1 heterocycles. The van der Waals surface area contributed by atoms with Crippen molar-refractivity contribution in [3.05, 3.63) is 0 Å². The fraction of sp³-hybridized carbons (Fsp3) is 1.00. The standard InChI is InChI=1S/C17H33N/c1-2-3-4-5-6-7-8-16-11-13-18(14-12-16)15-17-9-10-17/h16-17H,2-15H2,1H3. The van der Waals surface area contributed by atoms with Gasteiger partial charge in [-0.25, -0.2) is 0 Å². The van der Waals surface area contributed by atoms with E-state index < -0.39 is 0 Å². The first-order valence-corrected chi connectivity index (χ1v) is 8.61. The first-order chi connectivity index (χ1) is 8.88. The summed E-state index contributed by atoms with van der Waals surface area (Å²) in [4.78, 5) is 2.73. The molecule has 0 amide bonds. The lowest BCUT2D eigenvalue weighted by Crippen LogP contribution is -2.35. The van der Waals surface area contributed by atoms with Crippen LogP contribution < -0.4 is 0 Å². The van der Waals surface area contributed by atoms with Crippen LogP contribution in [0.3, 0.4) is 0 Å². The third kappa shape index (κ3) is 5.73. The average Bonchev–Trinajstić information content (AvgIpc) is 3.20. The Hall–Kier alpha value is -0.0400. The summed E-state index contributed by atoms with van der Waals surface area (Å²) in [6.45, 7) is 6.52. The highest BCUT2D eigenvalue weighted by Crippen LogP contribution is 2.31. The highest BCUT2D eigenvalue weighted by molar-refractivity contribution is 4.80. The molecule has 1 nitrogen and oxygen atoms in total. The van der Waals surface area contributed by atoms with E-state index in [1.54, 1.807) is 0 Å². The van der Waals surface area contributed by atoms with Gasteiger partial charge in [-0.2, -0.15) is 0 Å². The molecule has 2 rings (SSSR count). The molecule has 1 saturated carbocycles. The van der Waals surface area contributed by atoms with Gasteiger partial charge >= 0.3 is 0 Å². The molecule has 0 aromatic carbocycles. The van der Waals surface area contributed by atoms with E-state index in [-0.39, 0.29) is 0 Å². The van der Waals surface area contributed by atoms with E-state index >= 15 is 0 Å². The Labute approximate surface area is 114 Å². The highest BCUT2D eigenvalue weighted by atomic mass is 15.1. The van der Waals surface area contributed by atoms with Gasteiger partial charge in [-0.1, -0.05) is 51.9 Å². The van der Waals surface area contributed by atoms with Gasteiger partial charge < -0.3 is 4.90 Å². The fourth-order valence-electron chi connectivity index (χ4n) is 3.34. The van der Waals surface area contributed by atoms with E-state index in [9.17, 15) is 0 Å². The fourth-order valence-corrected chi connectivity index (χ4v) is 3.34. The smallest absolute Gasteiger partial charge is 0.000966 e. The van der Waals surface area contributed by atoms with Crippen LogP contribution in [0.5, 0.6) is 0 Å². The van der Waals surface area contributed by atoms with Crippen LogP contribution in [0.4, 0.5) is 0 Å². The zero-order chi connectivity index (χ0) is 12.6. The summed E-state index contributed by atoms with van der Waals surface area (Å²) < 4.78 is 0. The molecular formula is C17H33N. The molecule has 0 atom stereocenters. The van der Waals surface area contributed by atoms with Gasteiger partial charge in [0.2, 0.25) is 0 Å². The molecule has 0 bridgehead atoms. The molecule has 2 aliphatic rings. The van der Waals surface area contributed by atoms with E-state index in [0.717, 1.165) is 11.8 Å². The van der Waals surface area contributed by atoms with Gasteiger partial charge in [-0.05, 0) is 50.6 Å². The SMILES string of the molecule is CCCCCCCCC1CCN(CC2CC2)CC1. The summed E-state index contributed by atoms with van der Waals surface area (Å²) in [5.74, 6) is 2.15. The van der Waals surface area contributed by atoms with Gasteiger partial charge in [0.15, 0.2) is 0 Å². The molecule has 2 fully saturated rings. The van der Waals surface area contributed by atoms with Crippen molar-refractivity contribution in [3.63, 3.8) is 0 Å². The molecular weight excluding hydrogens is 218 g/mol. The molecule has 1 heteroatoms. The minimum absolute atomic E-state index is 1.06. The molecule has 0 unspecified atom stereocenters. The van der Waals surface area contributed by atoms with Crippen LogP contribution in [0, 0.1) is 11.8 Å². The van der Waals surface area contributed by atoms with Crippen LogP contribution in [0.2, 0.25) is 0 Å². The van der Waals surface area contributed by atoms with Crippen LogP contribution in [0.1, 0.15) is 77.6 Å². The van der Waals surface area contributed by atoms with Gasteiger partial charge in [-0.3, -0.25) is 0 Å². The molecule has 1 saturated heterocycles. The Morgan fingerprint density at radius 1 is 0.778 bits per heavy atom. The van der Waals surface area contributed by atoms with E-state index in [1.807, 2.05) is 0 Å². The van der Waals surface area contributed by atoms with Crippen LogP contribution in [0.15, 0.2) is 0 Å². The molecule has 0 radical (unpaired) electrons. The second kappa shape index (κ2) is 8.19. The Balaban J connectivity index is 1.43. The monoisotopic (exact) mass is 251 g/mol. The molecule has 18 heavy (non-hydrogen) atoms. The second-order valence-corrected chi connectivity index (χ2v) is 6.74. The third-order valence-electron chi connectivity index (χ3n) is 4.89. The second-order valence-electron chi connectivity index (χ2n) is 6.74. The summed E-state index contributed by atoms with van der Waals surface area (Å²) in [7, 11) is 0. The molecule has 0 aromatic heterocycles. The lowest BCUT2D eigenvalue weighted by molar-refractivity contribution is 0.171. The summed E-state index contributed by atoms with van der Waals surface area (Å²) in [6, 6.07) is 0. The quantitative estimate of drug-likeness (QED) is 0.529. The predicted molar refractivity (Wildman–Crippen MR) is 79.9 cm³/mol. The van der Waals surface area contributed by atoms with Crippen molar-refractivity contribution in [2.45, 2.75) is 77.6 Å². The number of likely N-dealkylation sites (tertiary alicyclic amines) is 1. The third-order valence-corrected chi connectivity index (χ3v) is 4.89. The Kier molecular flexibility index (Phi) is 6.54. The maximum absolute atomic E-state index is 2.73. The normalized spacial score (nSPS) is 22.5. The van der Waals surface area contributed by atoms with Gasteiger partial charge in [0.05, 0.1) is 0 Å². The zero-order valence-corrected chi connectivity index (χ0v) is 12.5. The molecule has 106 valence electrons. The lowest BCUT2D eigenvalue weighted by Gasteiger charge is -2.32. The van der Waals surface area contributed by atoms with Crippen LogP contribution in [0.25, 0.3) is 0 Å². The largest absolute Gasteiger partial charge is 0.303 e. The Morgan fingerprint density at radius 3 is 2.11 bits per heavy atom. The average molecular weight is 251 g/mol. The molecule has 0 spiro atoms. The molecule has 0 N–H and O–H groups in total. The topological polar surface area (TPSA) is 3.24 Å². The van der Waals surface area contributed by atoms with Crippen molar-refractivity contribution in [1.82, 2.24) is 4.90 Å². The molecule has 0 aromatic rings. The Morgan fingerprint density at radius 2 is 1.44 bits per heavy atom. The van der Waals surface area contributed by atoms with E-state index in [0.29, 0.717) is 0 Å². The van der Waals surface area contributed by atoms with Gasteiger partial charge in [0.1, 0.15) is 0 Å². The first-order valence-electron chi connectivity index (χ1n) is 8.61. The molecule has 1 aliphatic heterocycles. The Bertz CT molecular complexity index is 202. The number of rotatable bonds is 9. The molecule has 1 aliphatic carbocycles. The minimum Gasteiger partial charge on any atom is -0.303 e. The van der Waals surface area contributed by atoms with Crippen LogP contribution in [-0.2, 0) is 0 Å². The van der Waals surface area contributed by atoms with Gasteiger partial charge in [-0.15, -0.1) is 0 Å². The van der Waals surface area contributed by atoms with Crippen molar-refractivity contribution in [2.75, 3.05) is 19.6 Å². The minimum atomic E-state index is 1.06. The number of unbranched alkanes of at least 4 members (excludes halogenated alkanes) is 5. The summed E-state index contributed by atoms with van der Waals surface area (Å²) in [5.41, 5.74) is 0. The van der Waals surface area contributed by atoms with Crippen molar-refractivity contribution in [1.29, 1.82) is 0 Å². The number of hydrogen-bond donors (Lipinski definition) is 0. The van der Waals surface area contributed by atoms with Crippen molar-refractivity contribution >= 4 is 0 Å². The predicted octanol–water partition coefficient (Wildman–Crippen LogP) is 4.86. The van der Waals surface area contributed by atoms with E-state index in [2.05, 4.69) is 11.8 Å². The maximum Gasteiger partial charge on any atom is 0.000966 e. The van der Waals surface area contributed by atoms with E-state index in [1.165, 1.54) is 90.3 Å². The highest BCUT2D eigenvalue weighted by Gasteiger charge is 2.26. The van der Waals surface area contributed by atoms with Crippen molar-refractivity contribution in [3.8, 4) is 0 Å². The van der Waals surface area contributed by atoms with Gasteiger partial charge in [0, 0.05) is 6.54 Å². The maximum atomic E-state index is 2.73.